The molecule has 1 fully saturated rings. The van der Waals surface area contributed by atoms with Gasteiger partial charge in [0.15, 0.2) is 5.79 Å². The third kappa shape index (κ3) is 2.90. The summed E-state index contributed by atoms with van der Waals surface area (Å²) in [5.74, 6) is -0.122. The zero-order valence-electron chi connectivity index (χ0n) is 13.8. The smallest absolute Gasteiger partial charge is 0.192 e. The van der Waals surface area contributed by atoms with Crippen LogP contribution in [0.4, 0.5) is 0 Å². The minimum atomic E-state index is -0.629. The van der Waals surface area contributed by atoms with E-state index in [0.29, 0.717) is 12.0 Å². The van der Waals surface area contributed by atoms with E-state index in [0.717, 1.165) is 31.4 Å². The zero-order valence-corrected chi connectivity index (χ0v) is 13.8. The van der Waals surface area contributed by atoms with Gasteiger partial charge in [0.05, 0.1) is 12.7 Å². The summed E-state index contributed by atoms with van der Waals surface area (Å²) in [7, 11) is 0. The molecule has 2 heteroatoms. The van der Waals surface area contributed by atoms with Gasteiger partial charge >= 0.3 is 0 Å². The lowest BCUT2D eigenvalue weighted by atomic mass is 9.93. The second-order valence-electron chi connectivity index (χ2n) is 6.43. The van der Waals surface area contributed by atoms with Crippen molar-refractivity contribution in [3.63, 3.8) is 0 Å². The molecule has 0 N–H and O–H groups in total. The van der Waals surface area contributed by atoms with Crippen LogP contribution in [0.1, 0.15) is 45.6 Å². The maximum Gasteiger partial charge on any atom is 0.192 e. The zero-order chi connectivity index (χ0) is 15.6. The summed E-state index contributed by atoms with van der Waals surface area (Å²) in [4.78, 5) is 0. The molecule has 0 saturated carbocycles. The lowest BCUT2D eigenvalue weighted by Crippen LogP contribution is -2.45. The minimum Gasteiger partial charge on any atom is -0.346 e. The number of fused-ring (bicyclic) bond motifs is 1. The van der Waals surface area contributed by atoms with E-state index in [1.165, 1.54) is 10.8 Å². The van der Waals surface area contributed by atoms with Crippen LogP contribution in [0.25, 0.3) is 10.8 Å². The molecule has 1 aliphatic heterocycles. The Morgan fingerprint density at radius 3 is 2.59 bits per heavy atom. The summed E-state index contributed by atoms with van der Waals surface area (Å²) in [6, 6.07) is 14.9. The van der Waals surface area contributed by atoms with Crippen LogP contribution in [0.2, 0.25) is 0 Å². The standard InChI is InChI=1S/C20H26O2/c1-4-8-19-15(5-2)14-21-20(3,22-19)18-12-11-16-9-6-7-10-17(16)13-18/h6-7,9-13,15,19H,4-5,8,14H2,1-3H3/t15-,19+,20+/m0/s1. The SMILES string of the molecule is CCC[C@H]1O[C@](C)(c2ccc3ccccc3c2)OC[C@@H]1CC. The summed E-state index contributed by atoms with van der Waals surface area (Å²) in [5.41, 5.74) is 1.11. The van der Waals surface area contributed by atoms with E-state index in [2.05, 4.69) is 63.2 Å². The van der Waals surface area contributed by atoms with Gasteiger partial charge in [-0.05, 0) is 36.6 Å². The molecule has 0 amide bonds. The van der Waals surface area contributed by atoms with Gasteiger partial charge in [-0.3, -0.25) is 0 Å². The normalized spacial score (nSPS) is 28.9. The Morgan fingerprint density at radius 2 is 1.86 bits per heavy atom. The molecular formula is C20H26O2. The van der Waals surface area contributed by atoms with E-state index in [1.807, 2.05) is 0 Å². The first-order chi connectivity index (χ1) is 10.7. The third-order valence-electron chi connectivity index (χ3n) is 4.85. The second kappa shape index (κ2) is 6.39. The van der Waals surface area contributed by atoms with Crippen molar-refractivity contribution in [1.29, 1.82) is 0 Å². The Labute approximate surface area is 133 Å². The molecule has 0 bridgehead atoms. The van der Waals surface area contributed by atoms with Gasteiger partial charge in [0.2, 0.25) is 0 Å². The van der Waals surface area contributed by atoms with Crippen LogP contribution < -0.4 is 0 Å². The van der Waals surface area contributed by atoms with Crippen LogP contribution in [0.15, 0.2) is 42.5 Å². The molecular weight excluding hydrogens is 272 g/mol. The first-order valence-corrected chi connectivity index (χ1v) is 8.47. The summed E-state index contributed by atoms with van der Waals surface area (Å²) < 4.78 is 12.6. The van der Waals surface area contributed by atoms with Crippen LogP contribution in [0, 0.1) is 5.92 Å². The van der Waals surface area contributed by atoms with Crippen molar-refractivity contribution < 1.29 is 9.47 Å². The molecule has 0 aliphatic carbocycles. The van der Waals surface area contributed by atoms with Crippen LogP contribution in [-0.2, 0) is 15.3 Å². The third-order valence-corrected chi connectivity index (χ3v) is 4.85. The highest BCUT2D eigenvalue weighted by Crippen LogP contribution is 2.38. The van der Waals surface area contributed by atoms with Gasteiger partial charge in [-0.15, -0.1) is 0 Å². The van der Waals surface area contributed by atoms with Crippen molar-refractivity contribution in [2.75, 3.05) is 6.61 Å². The Kier molecular flexibility index (Phi) is 4.51. The van der Waals surface area contributed by atoms with Crippen molar-refractivity contribution in [2.24, 2.45) is 5.92 Å². The molecule has 22 heavy (non-hydrogen) atoms. The monoisotopic (exact) mass is 298 g/mol. The molecule has 0 aromatic heterocycles. The number of rotatable bonds is 4. The average molecular weight is 298 g/mol. The molecule has 118 valence electrons. The van der Waals surface area contributed by atoms with E-state index >= 15 is 0 Å². The largest absolute Gasteiger partial charge is 0.346 e. The van der Waals surface area contributed by atoms with Gasteiger partial charge in [0.1, 0.15) is 0 Å². The lowest BCUT2D eigenvalue weighted by Gasteiger charge is -2.43. The van der Waals surface area contributed by atoms with Gasteiger partial charge in [0, 0.05) is 11.5 Å². The predicted molar refractivity (Wildman–Crippen MR) is 90.8 cm³/mol. The topological polar surface area (TPSA) is 18.5 Å². The van der Waals surface area contributed by atoms with Gasteiger partial charge in [0.25, 0.3) is 0 Å². The first kappa shape index (κ1) is 15.5. The molecule has 2 nitrogen and oxygen atoms in total. The fourth-order valence-corrected chi connectivity index (χ4v) is 3.38. The van der Waals surface area contributed by atoms with E-state index in [9.17, 15) is 0 Å². The summed E-state index contributed by atoms with van der Waals surface area (Å²) in [6.45, 7) is 7.29. The molecule has 2 aromatic carbocycles. The molecule has 0 unspecified atom stereocenters. The summed E-state index contributed by atoms with van der Waals surface area (Å²) in [5, 5.41) is 2.49. The molecule has 0 radical (unpaired) electrons. The molecule has 2 aromatic rings. The number of ether oxygens (including phenoxy) is 2. The molecule has 0 spiro atoms. The van der Waals surface area contributed by atoms with Crippen LogP contribution in [-0.4, -0.2) is 12.7 Å². The Balaban J connectivity index is 1.90. The van der Waals surface area contributed by atoms with Crippen molar-refractivity contribution >= 4 is 10.8 Å². The van der Waals surface area contributed by atoms with Gasteiger partial charge < -0.3 is 9.47 Å². The van der Waals surface area contributed by atoms with E-state index < -0.39 is 5.79 Å². The Morgan fingerprint density at radius 1 is 1.09 bits per heavy atom. The fourth-order valence-electron chi connectivity index (χ4n) is 3.38. The first-order valence-electron chi connectivity index (χ1n) is 8.47. The highest BCUT2D eigenvalue weighted by molar-refractivity contribution is 5.83. The molecule has 1 heterocycles. The van der Waals surface area contributed by atoms with E-state index in [4.69, 9.17) is 9.47 Å². The minimum absolute atomic E-state index is 0.292. The van der Waals surface area contributed by atoms with Crippen molar-refractivity contribution in [1.82, 2.24) is 0 Å². The average Bonchev–Trinajstić information content (AvgIpc) is 2.55. The van der Waals surface area contributed by atoms with Crippen LogP contribution in [0.3, 0.4) is 0 Å². The molecule has 1 aliphatic rings. The summed E-state index contributed by atoms with van der Waals surface area (Å²) >= 11 is 0. The quantitative estimate of drug-likeness (QED) is 0.767. The van der Waals surface area contributed by atoms with Gasteiger partial charge in [-0.2, -0.15) is 0 Å². The fraction of sp³-hybridized carbons (Fsp3) is 0.500. The lowest BCUT2D eigenvalue weighted by molar-refractivity contribution is -0.312. The maximum atomic E-state index is 6.43. The van der Waals surface area contributed by atoms with Crippen molar-refractivity contribution in [3.05, 3.63) is 48.0 Å². The molecule has 3 rings (SSSR count). The molecule has 1 saturated heterocycles. The van der Waals surface area contributed by atoms with Gasteiger partial charge in [-0.25, -0.2) is 0 Å². The number of hydrogen-bond acceptors (Lipinski definition) is 2. The Hall–Kier alpha value is -1.38. The maximum absolute atomic E-state index is 6.43. The predicted octanol–water partition coefficient (Wildman–Crippen LogP) is 5.25. The highest BCUT2D eigenvalue weighted by atomic mass is 16.7. The summed E-state index contributed by atoms with van der Waals surface area (Å²) in [6.07, 6.45) is 3.65. The second-order valence-corrected chi connectivity index (χ2v) is 6.43. The van der Waals surface area contributed by atoms with Gasteiger partial charge in [-0.1, -0.05) is 56.7 Å². The molecule has 3 atom stereocenters. The number of hydrogen-bond donors (Lipinski definition) is 0. The Bertz CT molecular complexity index is 636. The van der Waals surface area contributed by atoms with Crippen molar-refractivity contribution in [3.8, 4) is 0 Å². The van der Waals surface area contributed by atoms with Crippen molar-refractivity contribution in [2.45, 2.75) is 51.9 Å². The number of benzene rings is 2. The van der Waals surface area contributed by atoms with E-state index in [-0.39, 0.29) is 0 Å². The van der Waals surface area contributed by atoms with Crippen LogP contribution >= 0.6 is 0 Å². The van der Waals surface area contributed by atoms with E-state index in [1.54, 1.807) is 0 Å². The van der Waals surface area contributed by atoms with Crippen LogP contribution in [0.5, 0.6) is 0 Å². The highest BCUT2D eigenvalue weighted by Gasteiger charge is 2.39.